The Bertz CT molecular complexity index is 1070. The van der Waals surface area contributed by atoms with E-state index in [2.05, 4.69) is 11.4 Å². The Morgan fingerprint density at radius 1 is 1.21 bits per heavy atom. The van der Waals surface area contributed by atoms with Crippen molar-refractivity contribution >= 4 is 34.8 Å². The summed E-state index contributed by atoms with van der Waals surface area (Å²) in [5.74, 6) is -1.61. The van der Waals surface area contributed by atoms with E-state index < -0.39 is 36.0 Å². The maximum absolute atomic E-state index is 13.2. The summed E-state index contributed by atoms with van der Waals surface area (Å²) >= 11 is 1.49. The lowest BCUT2D eigenvalue weighted by atomic mass is 9.83. The van der Waals surface area contributed by atoms with Gasteiger partial charge in [-0.05, 0) is 49.8 Å². The molecular weight excluding hydrogens is 450 g/mol. The minimum absolute atomic E-state index is 0.0442. The number of nitrogens with zero attached hydrogens (tertiary/aromatic N) is 2. The summed E-state index contributed by atoms with van der Waals surface area (Å²) in [5, 5.41) is 14.3. The van der Waals surface area contributed by atoms with Gasteiger partial charge in [-0.25, -0.2) is 0 Å². The smallest absolute Gasteiger partial charge is 0.311 e. The zero-order valence-corrected chi connectivity index (χ0v) is 20.1. The third kappa shape index (κ3) is 5.15. The number of aryl methyl sites for hydroxylation is 1. The van der Waals surface area contributed by atoms with Crippen LogP contribution in [0.15, 0.2) is 41.8 Å². The lowest BCUT2D eigenvalue weighted by Gasteiger charge is -2.39. The third-order valence-electron chi connectivity index (χ3n) is 6.69. The van der Waals surface area contributed by atoms with Gasteiger partial charge in [0.15, 0.2) is 6.61 Å². The number of nitriles is 1. The van der Waals surface area contributed by atoms with Crippen LogP contribution in [0.4, 0.5) is 5.69 Å². The van der Waals surface area contributed by atoms with Gasteiger partial charge < -0.3 is 15.0 Å². The maximum atomic E-state index is 13.2. The number of amides is 2. The first-order valence-corrected chi connectivity index (χ1v) is 12.6. The van der Waals surface area contributed by atoms with Gasteiger partial charge in [-0.3, -0.25) is 14.4 Å². The molecule has 2 amide bonds. The van der Waals surface area contributed by atoms with E-state index in [0.29, 0.717) is 19.3 Å². The van der Waals surface area contributed by atoms with Gasteiger partial charge in [-0.1, -0.05) is 43.0 Å². The molecule has 8 heteroatoms. The molecule has 1 aliphatic carbocycles. The van der Waals surface area contributed by atoms with E-state index in [-0.39, 0.29) is 12.3 Å². The minimum Gasteiger partial charge on any atom is -0.455 e. The molecule has 0 spiro atoms. The van der Waals surface area contributed by atoms with Crippen molar-refractivity contribution < 1.29 is 19.1 Å². The Morgan fingerprint density at radius 3 is 2.59 bits per heavy atom. The van der Waals surface area contributed by atoms with Crippen LogP contribution in [0.5, 0.6) is 0 Å². The van der Waals surface area contributed by atoms with Crippen LogP contribution in [-0.4, -0.2) is 29.9 Å². The van der Waals surface area contributed by atoms with Gasteiger partial charge in [-0.15, -0.1) is 11.3 Å². The van der Waals surface area contributed by atoms with E-state index in [1.165, 1.54) is 11.3 Å². The summed E-state index contributed by atoms with van der Waals surface area (Å²) < 4.78 is 5.45. The van der Waals surface area contributed by atoms with Crippen molar-refractivity contribution in [2.24, 2.45) is 5.92 Å². The molecule has 178 valence electrons. The zero-order chi connectivity index (χ0) is 24.1. The molecule has 7 nitrogen and oxygen atoms in total. The lowest BCUT2D eigenvalue weighted by molar-refractivity contribution is -0.155. The summed E-state index contributed by atoms with van der Waals surface area (Å²) in [7, 11) is 0. The van der Waals surface area contributed by atoms with E-state index in [0.717, 1.165) is 35.4 Å². The molecule has 1 saturated heterocycles. The predicted molar refractivity (Wildman–Crippen MR) is 129 cm³/mol. The highest BCUT2D eigenvalue weighted by molar-refractivity contribution is 7.10. The van der Waals surface area contributed by atoms with E-state index >= 15 is 0 Å². The first-order valence-electron chi connectivity index (χ1n) is 11.7. The average Bonchev–Trinajstić information content (AvgIpc) is 3.38. The van der Waals surface area contributed by atoms with Crippen LogP contribution in [0.1, 0.15) is 61.4 Å². The number of benzene rings is 1. The summed E-state index contributed by atoms with van der Waals surface area (Å²) in [6.45, 7) is 1.54. The van der Waals surface area contributed by atoms with Gasteiger partial charge in [0.1, 0.15) is 5.54 Å². The largest absolute Gasteiger partial charge is 0.455 e. The molecule has 2 unspecified atom stereocenters. The topological polar surface area (TPSA) is 99.5 Å². The van der Waals surface area contributed by atoms with Gasteiger partial charge in [-0.2, -0.15) is 5.26 Å². The van der Waals surface area contributed by atoms with Crippen LogP contribution in [0.2, 0.25) is 0 Å². The molecule has 1 aromatic heterocycles. The molecule has 0 bridgehead atoms. The van der Waals surface area contributed by atoms with Crippen molar-refractivity contribution in [1.29, 1.82) is 5.26 Å². The van der Waals surface area contributed by atoms with Crippen LogP contribution < -0.4 is 10.2 Å². The first kappa shape index (κ1) is 24.0. The van der Waals surface area contributed by atoms with Crippen molar-refractivity contribution in [3.63, 3.8) is 0 Å². The second kappa shape index (κ2) is 10.4. The van der Waals surface area contributed by atoms with Gasteiger partial charge in [0.05, 0.1) is 18.0 Å². The predicted octanol–water partition coefficient (Wildman–Crippen LogP) is 4.43. The zero-order valence-electron chi connectivity index (χ0n) is 19.3. The van der Waals surface area contributed by atoms with E-state index in [1.54, 1.807) is 4.90 Å². The quantitative estimate of drug-likeness (QED) is 0.618. The Labute approximate surface area is 203 Å². The summed E-state index contributed by atoms with van der Waals surface area (Å²) in [6.07, 6.45) is 4.63. The number of esters is 1. The van der Waals surface area contributed by atoms with E-state index in [9.17, 15) is 19.6 Å². The Kier molecular flexibility index (Phi) is 7.32. The van der Waals surface area contributed by atoms with Crippen molar-refractivity contribution in [1.82, 2.24) is 5.32 Å². The number of hydrogen-bond donors (Lipinski definition) is 1. The molecule has 4 rings (SSSR count). The molecule has 2 aliphatic rings. The summed E-state index contributed by atoms with van der Waals surface area (Å²) in [4.78, 5) is 41.3. The molecule has 2 aromatic rings. The van der Waals surface area contributed by atoms with Crippen LogP contribution in [-0.2, 0) is 19.1 Å². The lowest BCUT2D eigenvalue weighted by Crippen LogP contribution is -2.50. The van der Waals surface area contributed by atoms with Crippen molar-refractivity contribution in [3.05, 3.63) is 52.2 Å². The second-order valence-electron chi connectivity index (χ2n) is 9.12. The highest BCUT2D eigenvalue weighted by Gasteiger charge is 2.43. The van der Waals surface area contributed by atoms with Gasteiger partial charge in [0.2, 0.25) is 5.91 Å². The number of carbonyl (C=O) groups excluding carboxylic acids is 3. The Morgan fingerprint density at radius 2 is 1.94 bits per heavy atom. The van der Waals surface area contributed by atoms with Crippen LogP contribution in [0.25, 0.3) is 0 Å². The van der Waals surface area contributed by atoms with Crippen LogP contribution in [0.3, 0.4) is 0 Å². The number of nitrogens with one attached hydrogen (secondary N) is 1. The van der Waals surface area contributed by atoms with Crippen molar-refractivity contribution in [2.45, 2.75) is 63.5 Å². The van der Waals surface area contributed by atoms with Crippen molar-refractivity contribution in [3.8, 4) is 6.07 Å². The standard InChI is InChI=1S/C26H29N3O4S/c1-18-7-9-19(10-8-18)29-23(31)12-11-20(24(29)21-6-5-15-34-21)25(32)33-16-22(30)28-26(17-27)13-3-2-4-14-26/h5-10,15,20,24H,2-4,11-14,16H2,1H3,(H,28,30). The summed E-state index contributed by atoms with van der Waals surface area (Å²) in [6, 6.07) is 13.2. The molecule has 0 radical (unpaired) electrons. The Hall–Kier alpha value is -3.18. The molecule has 2 fully saturated rings. The molecule has 2 heterocycles. The molecular formula is C26H29N3O4S. The Balaban J connectivity index is 1.49. The van der Waals surface area contributed by atoms with Crippen LogP contribution in [0, 0.1) is 24.2 Å². The van der Waals surface area contributed by atoms with E-state index in [4.69, 9.17) is 4.74 Å². The molecule has 1 aliphatic heterocycles. The minimum atomic E-state index is -0.874. The molecule has 1 saturated carbocycles. The van der Waals surface area contributed by atoms with Crippen LogP contribution >= 0.6 is 11.3 Å². The van der Waals surface area contributed by atoms with Crippen molar-refractivity contribution in [2.75, 3.05) is 11.5 Å². The monoisotopic (exact) mass is 479 g/mol. The normalized spacial score (nSPS) is 22.0. The number of anilines is 1. The first-order chi connectivity index (χ1) is 16.4. The number of thiophene rings is 1. The van der Waals surface area contributed by atoms with Gasteiger partial charge in [0.25, 0.3) is 5.91 Å². The van der Waals surface area contributed by atoms with E-state index in [1.807, 2.05) is 48.7 Å². The fourth-order valence-corrected chi connectivity index (χ4v) is 5.78. The average molecular weight is 480 g/mol. The number of hydrogen-bond acceptors (Lipinski definition) is 6. The number of rotatable bonds is 6. The highest BCUT2D eigenvalue weighted by atomic mass is 32.1. The highest BCUT2D eigenvalue weighted by Crippen LogP contribution is 2.42. The number of ether oxygens (including phenoxy) is 1. The third-order valence-corrected chi connectivity index (χ3v) is 7.64. The number of piperidine rings is 1. The molecule has 34 heavy (non-hydrogen) atoms. The fourth-order valence-electron chi connectivity index (χ4n) is 4.90. The number of carbonyl (C=O) groups is 3. The molecule has 1 aromatic carbocycles. The van der Waals surface area contributed by atoms with Gasteiger partial charge in [0, 0.05) is 17.0 Å². The fraction of sp³-hybridized carbons (Fsp3) is 0.462. The summed E-state index contributed by atoms with van der Waals surface area (Å²) in [5.41, 5.74) is 0.939. The molecule has 2 atom stereocenters. The maximum Gasteiger partial charge on any atom is 0.311 e. The second-order valence-corrected chi connectivity index (χ2v) is 10.1. The SMILES string of the molecule is Cc1ccc(N2C(=O)CCC(C(=O)OCC(=O)NC3(C#N)CCCCC3)C2c2cccs2)cc1. The molecule has 1 N–H and O–H groups in total. The van der Waals surface area contributed by atoms with Gasteiger partial charge >= 0.3 is 5.97 Å².